The summed E-state index contributed by atoms with van der Waals surface area (Å²) in [5.74, 6) is -0.424. The summed E-state index contributed by atoms with van der Waals surface area (Å²) in [5.41, 5.74) is 0.246. The number of hydrogen-bond acceptors (Lipinski definition) is 6. The Labute approximate surface area is 139 Å². The maximum absolute atomic E-state index is 12.2. The molecule has 1 heterocycles. The van der Waals surface area contributed by atoms with Crippen LogP contribution in [0.5, 0.6) is 0 Å². The number of nitrogens with one attached hydrogen (secondary N) is 2. The normalized spacial score (nSPS) is 11.4. The van der Waals surface area contributed by atoms with Gasteiger partial charge in [0.15, 0.2) is 0 Å². The number of rotatable bonds is 7. The quantitative estimate of drug-likeness (QED) is 0.742. The van der Waals surface area contributed by atoms with Crippen molar-refractivity contribution in [3.63, 3.8) is 0 Å². The molecule has 0 aliphatic carbocycles. The molecule has 0 bridgehead atoms. The molecule has 0 aliphatic rings. The third kappa shape index (κ3) is 4.81. The topological polar surface area (TPSA) is 101 Å². The van der Waals surface area contributed by atoms with Gasteiger partial charge in [-0.25, -0.2) is 13.1 Å². The minimum atomic E-state index is -3.61. The van der Waals surface area contributed by atoms with Crippen LogP contribution in [0.4, 0.5) is 5.13 Å². The Hall–Kier alpha value is -1.84. The van der Waals surface area contributed by atoms with E-state index in [1.807, 2.05) is 6.92 Å². The van der Waals surface area contributed by atoms with Gasteiger partial charge in [0.25, 0.3) is 5.91 Å². The molecule has 1 amide bonds. The summed E-state index contributed by atoms with van der Waals surface area (Å²) in [6.07, 6.45) is 1.65. The van der Waals surface area contributed by atoms with E-state index in [1.165, 1.54) is 29.5 Å². The number of amides is 1. The van der Waals surface area contributed by atoms with Gasteiger partial charge in [-0.15, -0.1) is 10.2 Å². The molecular weight excluding hydrogens is 336 g/mol. The van der Waals surface area contributed by atoms with Gasteiger partial charge in [-0.2, -0.15) is 0 Å². The predicted octanol–water partition coefficient (Wildman–Crippen LogP) is 2.18. The van der Waals surface area contributed by atoms with Gasteiger partial charge >= 0.3 is 0 Å². The monoisotopic (exact) mass is 354 g/mol. The average molecular weight is 354 g/mol. The van der Waals surface area contributed by atoms with Crippen molar-refractivity contribution in [2.45, 2.75) is 31.6 Å². The second-order valence-corrected chi connectivity index (χ2v) is 7.81. The summed E-state index contributed by atoms with van der Waals surface area (Å²) in [7, 11) is -3.61. The summed E-state index contributed by atoms with van der Waals surface area (Å²) in [6, 6.07) is 5.89. The highest BCUT2D eigenvalue weighted by molar-refractivity contribution is 7.89. The Kier molecular flexibility index (Phi) is 5.80. The third-order valence-corrected chi connectivity index (χ3v) is 5.19. The molecule has 0 spiro atoms. The fourth-order valence-corrected chi connectivity index (χ4v) is 3.49. The summed E-state index contributed by atoms with van der Waals surface area (Å²) >= 11 is 1.25. The average Bonchev–Trinajstić information content (AvgIpc) is 2.92. The molecule has 2 aromatic rings. The van der Waals surface area contributed by atoms with Gasteiger partial charge in [0, 0.05) is 12.1 Å². The molecule has 0 aliphatic heterocycles. The standard InChI is InChI=1S/C14H18N4O3S2/c1-3-4-8-15-23(20,21)12-7-5-6-11(9-12)13(19)16-14-18-17-10(2)22-14/h5-7,9,15H,3-4,8H2,1-2H3,(H,16,18,19). The van der Waals surface area contributed by atoms with Crippen molar-refractivity contribution in [2.24, 2.45) is 0 Å². The zero-order valence-corrected chi connectivity index (χ0v) is 14.5. The van der Waals surface area contributed by atoms with Crippen molar-refractivity contribution < 1.29 is 13.2 Å². The summed E-state index contributed by atoms with van der Waals surface area (Å²) in [5, 5.41) is 11.3. The van der Waals surface area contributed by atoms with Gasteiger partial charge in [-0.05, 0) is 31.5 Å². The van der Waals surface area contributed by atoms with Crippen LogP contribution in [0.3, 0.4) is 0 Å². The zero-order chi connectivity index (χ0) is 16.9. The first kappa shape index (κ1) is 17.5. The van der Waals surface area contributed by atoms with Crippen molar-refractivity contribution in [1.29, 1.82) is 0 Å². The van der Waals surface area contributed by atoms with Crippen LogP contribution < -0.4 is 10.0 Å². The van der Waals surface area contributed by atoms with Crippen molar-refractivity contribution in [2.75, 3.05) is 11.9 Å². The van der Waals surface area contributed by atoms with Crippen LogP contribution in [0.1, 0.15) is 35.1 Å². The van der Waals surface area contributed by atoms with E-state index in [4.69, 9.17) is 0 Å². The number of carbonyl (C=O) groups is 1. The first-order valence-electron chi connectivity index (χ1n) is 7.13. The number of aromatic nitrogens is 2. The Balaban J connectivity index is 2.14. The van der Waals surface area contributed by atoms with E-state index in [2.05, 4.69) is 20.2 Å². The summed E-state index contributed by atoms with van der Waals surface area (Å²) < 4.78 is 26.9. The van der Waals surface area contributed by atoms with Gasteiger partial charge in [-0.1, -0.05) is 30.7 Å². The molecule has 0 saturated heterocycles. The molecule has 0 fully saturated rings. The van der Waals surface area contributed by atoms with Gasteiger partial charge in [0.05, 0.1) is 4.90 Å². The zero-order valence-electron chi connectivity index (χ0n) is 12.9. The third-order valence-electron chi connectivity index (χ3n) is 2.98. The van der Waals surface area contributed by atoms with Crippen molar-refractivity contribution in [3.8, 4) is 0 Å². The highest BCUT2D eigenvalue weighted by Gasteiger charge is 2.16. The van der Waals surface area contributed by atoms with E-state index < -0.39 is 15.9 Å². The Bertz CT molecular complexity index is 787. The number of unbranched alkanes of at least 4 members (excludes halogenated alkanes) is 1. The highest BCUT2D eigenvalue weighted by atomic mass is 32.2. The molecule has 2 N–H and O–H groups in total. The van der Waals surface area contributed by atoms with Gasteiger partial charge < -0.3 is 0 Å². The van der Waals surface area contributed by atoms with E-state index in [0.717, 1.165) is 17.8 Å². The minimum absolute atomic E-state index is 0.0645. The molecular formula is C14H18N4O3S2. The van der Waals surface area contributed by atoms with Crippen LogP contribution in [0, 0.1) is 6.92 Å². The Morgan fingerprint density at radius 3 is 2.74 bits per heavy atom. The number of benzene rings is 1. The molecule has 0 radical (unpaired) electrons. The van der Waals surface area contributed by atoms with E-state index in [1.54, 1.807) is 13.0 Å². The first-order chi connectivity index (χ1) is 10.9. The number of sulfonamides is 1. The number of anilines is 1. The Morgan fingerprint density at radius 2 is 2.09 bits per heavy atom. The molecule has 23 heavy (non-hydrogen) atoms. The van der Waals surface area contributed by atoms with E-state index in [-0.39, 0.29) is 10.5 Å². The van der Waals surface area contributed by atoms with E-state index in [9.17, 15) is 13.2 Å². The smallest absolute Gasteiger partial charge is 0.257 e. The molecule has 0 saturated carbocycles. The lowest BCUT2D eigenvalue weighted by Gasteiger charge is -2.07. The molecule has 1 aromatic carbocycles. The lowest BCUT2D eigenvalue weighted by molar-refractivity contribution is 0.102. The maximum Gasteiger partial charge on any atom is 0.257 e. The van der Waals surface area contributed by atoms with E-state index >= 15 is 0 Å². The number of hydrogen-bond donors (Lipinski definition) is 2. The number of carbonyl (C=O) groups excluding carboxylic acids is 1. The summed E-state index contributed by atoms with van der Waals surface area (Å²) in [4.78, 5) is 12.2. The van der Waals surface area contributed by atoms with Crippen LogP contribution in [0.15, 0.2) is 29.2 Å². The first-order valence-corrected chi connectivity index (χ1v) is 9.43. The fraction of sp³-hybridized carbons (Fsp3) is 0.357. The number of aryl methyl sites for hydroxylation is 1. The molecule has 124 valence electrons. The van der Waals surface area contributed by atoms with Crippen molar-refractivity contribution >= 4 is 32.4 Å². The van der Waals surface area contributed by atoms with E-state index in [0.29, 0.717) is 11.7 Å². The summed E-state index contributed by atoms with van der Waals surface area (Å²) in [6.45, 7) is 4.14. The second-order valence-electron chi connectivity index (χ2n) is 4.86. The van der Waals surface area contributed by atoms with Crippen LogP contribution in [0.25, 0.3) is 0 Å². The van der Waals surface area contributed by atoms with Crippen molar-refractivity contribution in [1.82, 2.24) is 14.9 Å². The predicted molar refractivity (Wildman–Crippen MR) is 89.1 cm³/mol. The second kappa shape index (κ2) is 7.62. The SMILES string of the molecule is CCCCNS(=O)(=O)c1cccc(C(=O)Nc2nnc(C)s2)c1. The molecule has 7 nitrogen and oxygen atoms in total. The van der Waals surface area contributed by atoms with Crippen LogP contribution in [-0.4, -0.2) is 31.1 Å². The number of nitrogens with zero attached hydrogens (tertiary/aromatic N) is 2. The molecule has 1 aromatic heterocycles. The van der Waals surface area contributed by atoms with Gasteiger partial charge in [0.2, 0.25) is 15.2 Å². The van der Waals surface area contributed by atoms with Crippen LogP contribution in [0.2, 0.25) is 0 Å². The lowest BCUT2D eigenvalue weighted by Crippen LogP contribution is -2.25. The molecule has 0 atom stereocenters. The Morgan fingerprint density at radius 1 is 1.30 bits per heavy atom. The van der Waals surface area contributed by atoms with Crippen molar-refractivity contribution in [3.05, 3.63) is 34.8 Å². The lowest BCUT2D eigenvalue weighted by atomic mass is 10.2. The molecule has 2 rings (SSSR count). The van der Waals surface area contributed by atoms with Gasteiger partial charge in [0.1, 0.15) is 5.01 Å². The van der Waals surface area contributed by atoms with Gasteiger partial charge in [-0.3, -0.25) is 10.1 Å². The fourth-order valence-electron chi connectivity index (χ4n) is 1.79. The largest absolute Gasteiger partial charge is 0.296 e. The van der Waals surface area contributed by atoms with Crippen LogP contribution >= 0.6 is 11.3 Å². The molecule has 9 heteroatoms. The maximum atomic E-state index is 12.2. The minimum Gasteiger partial charge on any atom is -0.296 e. The molecule has 0 unspecified atom stereocenters. The highest BCUT2D eigenvalue weighted by Crippen LogP contribution is 2.16. The van der Waals surface area contributed by atoms with Crippen LogP contribution in [-0.2, 0) is 10.0 Å².